The molecule has 1 atom stereocenters. The molecule has 0 bridgehead atoms. The van der Waals surface area contributed by atoms with Crippen LogP contribution in [0.1, 0.15) is 44.6 Å². The Labute approximate surface area is 122 Å². The first-order valence-electron chi connectivity index (χ1n) is 7.36. The van der Waals surface area contributed by atoms with Gasteiger partial charge in [-0.25, -0.2) is 13.1 Å². The molecule has 0 saturated heterocycles. The molecule has 1 unspecified atom stereocenters. The lowest BCUT2D eigenvalue weighted by atomic mass is 9.99. The zero-order valence-electron chi connectivity index (χ0n) is 12.2. The first-order valence-corrected chi connectivity index (χ1v) is 8.84. The highest BCUT2D eigenvalue weighted by Crippen LogP contribution is 2.20. The molecular formula is C15H24N2O2S. The standard InChI is InChI=1S/C15H24N2O2S/c1-3-12(2)13-4-8-15(9-5-13)20(18,19)17-11-10-16-14-6-7-14/h4-5,8-9,12,14,16-17H,3,6-7,10-11H2,1-2H3. The van der Waals surface area contributed by atoms with Crippen molar-refractivity contribution < 1.29 is 8.42 Å². The summed E-state index contributed by atoms with van der Waals surface area (Å²) in [6.07, 6.45) is 3.48. The van der Waals surface area contributed by atoms with E-state index in [1.165, 1.54) is 18.4 Å². The van der Waals surface area contributed by atoms with Crippen LogP contribution in [0.5, 0.6) is 0 Å². The molecule has 1 saturated carbocycles. The molecule has 20 heavy (non-hydrogen) atoms. The van der Waals surface area contributed by atoms with Crippen molar-refractivity contribution in [2.45, 2.75) is 50.0 Å². The van der Waals surface area contributed by atoms with Gasteiger partial charge in [-0.15, -0.1) is 0 Å². The van der Waals surface area contributed by atoms with E-state index in [1.54, 1.807) is 12.1 Å². The number of benzene rings is 1. The Balaban J connectivity index is 1.90. The predicted octanol–water partition coefficient (Wildman–Crippen LogP) is 2.23. The molecule has 2 N–H and O–H groups in total. The monoisotopic (exact) mass is 296 g/mol. The van der Waals surface area contributed by atoms with Gasteiger partial charge in [0, 0.05) is 19.1 Å². The molecule has 0 aliphatic heterocycles. The largest absolute Gasteiger partial charge is 0.313 e. The third kappa shape index (κ3) is 4.30. The fourth-order valence-electron chi connectivity index (χ4n) is 2.04. The molecule has 1 aliphatic rings. The molecule has 0 radical (unpaired) electrons. The second-order valence-corrected chi connectivity index (χ2v) is 7.27. The molecule has 1 aliphatic carbocycles. The lowest BCUT2D eigenvalue weighted by Crippen LogP contribution is -2.32. The van der Waals surface area contributed by atoms with Crippen LogP contribution in [0.2, 0.25) is 0 Å². The molecule has 0 amide bonds. The maximum absolute atomic E-state index is 12.1. The summed E-state index contributed by atoms with van der Waals surface area (Å²) in [6.45, 7) is 5.40. The Morgan fingerprint density at radius 1 is 1.20 bits per heavy atom. The second-order valence-electron chi connectivity index (χ2n) is 5.50. The normalized spacial score (nSPS) is 17.1. The van der Waals surface area contributed by atoms with Crippen LogP contribution in [-0.4, -0.2) is 27.5 Å². The number of hydrogen-bond acceptors (Lipinski definition) is 3. The third-order valence-electron chi connectivity index (χ3n) is 3.80. The van der Waals surface area contributed by atoms with Crippen molar-refractivity contribution in [1.82, 2.24) is 10.0 Å². The maximum Gasteiger partial charge on any atom is 0.240 e. The highest BCUT2D eigenvalue weighted by Gasteiger charge is 2.20. The summed E-state index contributed by atoms with van der Waals surface area (Å²) in [4.78, 5) is 0.343. The van der Waals surface area contributed by atoms with Crippen molar-refractivity contribution in [3.63, 3.8) is 0 Å². The molecule has 5 heteroatoms. The fourth-order valence-corrected chi connectivity index (χ4v) is 3.08. The van der Waals surface area contributed by atoms with E-state index in [-0.39, 0.29) is 0 Å². The predicted molar refractivity (Wildman–Crippen MR) is 81.4 cm³/mol. The van der Waals surface area contributed by atoms with E-state index in [1.807, 2.05) is 12.1 Å². The maximum atomic E-state index is 12.1. The lowest BCUT2D eigenvalue weighted by molar-refractivity contribution is 0.575. The molecular weight excluding hydrogens is 272 g/mol. The van der Waals surface area contributed by atoms with Crippen LogP contribution >= 0.6 is 0 Å². The molecule has 4 nitrogen and oxygen atoms in total. The van der Waals surface area contributed by atoms with E-state index >= 15 is 0 Å². The molecule has 2 rings (SSSR count). The number of nitrogens with one attached hydrogen (secondary N) is 2. The minimum atomic E-state index is -3.38. The van der Waals surface area contributed by atoms with Crippen molar-refractivity contribution in [1.29, 1.82) is 0 Å². The van der Waals surface area contributed by atoms with Gasteiger partial charge in [-0.1, -0.05) is 26.0 Å². The molecule has 0 spiro atoms. The summed E-state index contributed by atoms with van der Waals surface area (Å²) in [7, 11) is -3.38. The molecule has 1 fully saturated rings. The number of hydrogen-bond donors (Lipinski definition) is 2. The summed E-state index contributed by atoms with van der Waals surface area (Å²) >= 11 is 0. The van der Waals surface area contributed by atoms with Crippen molar-refractivity contribution in [2.75, 3.05) is 13.1 Å². The highest BCUT2D eigenvalue weighted by atomic mass is 32.2. The Bertz CT molecular complexity index is 521. The van der Waals surface area contributed by atoms with E-state index in [4.69, 9.17) is 0 Å². The highest BCUT2D eigenvalue weighted by molar-refractivity contribution is 7.89. The van der Waals surface area contributed by atoms with Gasteiger partial charge in [0.25, 0.3) is 0 Å². The smallest absolute Gasteiger partial charge is 0.240 e. The van der Waals surface area contributed by atoms with Crippen LogP contribution in [-0.2, 0) is 10.0 Å². The van der Waals surface area contributed by atoms with Gasteiger partial charge in [0.05, 0.1) is 4.90 Å². The Hall–Kier alpha value is -0.910. The van der Waals surface area contributed by atoms with Crippen LogP contribution in [0.4, 0.5) is 0 Å². The van der Waals surface area contributed by atoms with Gasteiger partial charge in [-0.2, -0.15) is 0 Å². The minimum absolute atomic E-state index is 0.343. The average Bonchev–Trinajstić information content (AvgIpc) is 3.27. The Morgan fingerprint density at radius 3 is 2.40 bits per heavy atom. The van der Waals surface area contributed by atoms with E-state index in [9.17, 15) is 8.42 Å². The van der Waals surface area contributed by atoms with Gasteiger partial charge in [0.15, 0.2) is 0 Å². The van der Waals surface area contributed by atoms with Crippen molar-refractivity contribution in [2.24, 2.45) is 0 Å². The van der Waals surface area contributed by atoms with Gasteiger partial charge in [0.1, 0.15) is 0 Å². The average molecular weight is 296 g/mol. The van der Waals surface area contributed by atoms with Gasteiger partial charge < -0.3 is 5.32 Å². The molecule has 1 aromatic rings. The van der Waals surface area contributed by atoms with E-state index in [2.05, 4.69) is 23.9 Å². The van der Waals surface area contributed by atoms with Gasteiger partial charge in [-0.3, -0.25) is 0 Å². The van der Waals surface area contributed by atoms with Crippen LogP contribution in [0, 0.1) is 0 Å². The number of rotatable bonds is 8. The molecule has 0 heterocycles. The second kappa shape index (κ2) is 6.70. The first kappa shape index (κ1) is 15.5. The van der Waals surface area contributed by atoms with Crippen molar-refractivity contribution in [3.8, 4) is 0 Å². The van der Waals surface area contributed by atoms with E-state index in [0.717, 1.165) is 6.42 Å². The van der Waals surface area contributed by atoms with Gasteiger partial charge in [0.2, 0.25) is 10.0 Å². The minimum Gasteiger partial charge on any atom is -0.313 e. The van der Waals surface area contributed by atoms with Crippen molar-refractivity contribution >= 4 is 10.0 Å². The third-order valence-corrected chi connectivity index (χ3v) is 5.28. The number of sulfonamides is 1. The van der Waals surface area contributed by atoms with Crippen LogP contribution in [0.15, 0.2) is 29.2 Å². The summed E-state index contributed by atoms with van der Waals surface area (Å²) in [5.41, 5.74) is 1.18. The van der Waals surface area contributed by atoms with Crippen LogP contribution < -0.4 is 10.0 Å². The summed E-state index contributed by atoms with van der Waals surface area (Å²) in [5.74, 6) is 0.461. The lowest BCUT2D eigenvalue weighted by Gasteiger charge is -2.11. The van der Waals surface area contributed by atoms with E-state index in [0.29, 0.717) is 29.9 Å². The summed E-state index contributed by atoms with van der Waals surface area (Å²) < 4.78 is 26.8. The summed E-state index contributed by atoms with van der Waals surface area (Å²) in [6, 6.07) is 7.81. The van der Waals surface area contributed by atoms with E-state index < -0.39 is 10.0 Å². The quantitative estimate of drug-likeness (QED) is 0.723. The van der Waals surface area contributed by atoms with Gasteiger partial charge >= 0.3 is 0 Å². The topological polar surface area (TPSA) is 58.2 Å². The zero-order valence-corrected chi connectivity index (χ0v) is 13.0. The molecule has 112 valence electrons. The summed E-state index contributed by atoms with van der Waals surface area (Å²) in [5, 5.41) is 3.29. The Kier molecular flexibility index (Phi) is 5.18. The Morgan fingerprint density at radius 2 is 1.85 bits per heavy atom. The zero-order chi connectivity index (χ0) is 14.6. The first-order chi connectivity index (χ1) is 9.53. The van der Waals surface area contributed by atoms with Gasteiger partial charge in [-0.05, 0) is 42.9 Å². The molecule has 0 aromatic heterocycles. The van der Waals surface area contributed by atoms with Crippen molar-refractivity contribution in [3.05, 3.63) is 29.8 Å². The van der Waals surface area contributed by atoms with Crippen LogP contribution in [0.3, 0.4) is 0 Å². The van der Waals surface area contributed by atoms with Crippen LogP contribution in [0.25, 0.3) is 0 Å². The SMILES string of the molecule is CCC(C)c1ccc(S(=O)(=O)NCCNC2CC2)cc1. The fraction of sp³-hybridized carbons (Fsp3) is 0.600. The molecule has 1 aromatic carbocycles.